The van der Waals surface area contributed by atoms with Crippen molar-refractivity contribution in [2.24, 2.45) is 5.92 Å². The van der Waals surface area contributed by atoms with E-state index in [0.29, 0.717) is 18.2 Å². The molecule has 1 unspecified atom stereocenters. The number of nitrogens with zero attached hydrogens (tertiary/aromatic N) is 1. The van der Waals surface area contributed by atoms with Crippen molar-refractivity contribution in [2.75, 3.05) is 33.9 Å². The standard InChI is InChI=1S/C17H28N2O4S/c1-13(2)15(19-9-5-6-10-19)12-18-24(20,21)17-8-7-14(22-3)11-16(17)23-4/h7-8,11,13,15,18H,5-6,9-10,12H2,1-4H3. The maximum atomic E-state index is 12.7. The summed E-state index contributed by atoms with van der Waals surface area (Å²) in [5, 5.41) is 0. The first kappa shape index (κ1) is 19.0. The van der Waals surface area contributed by atoms with Crippen LogP contribution in [0, 0.1) is 5.92 Å². The molecule has 136 valence electrons. The van der Waals surface area contributed by atoms with E-state index in [4.69, 9.17) is 9.47 Å². The maximum Gasteiger partial charge on any atom is 0.244 e. The topological polar surface area (TPSA) is 67.9 Å². The van der Waals surface area contributed by atoms with E-state index in [0.717, 1.165) is 13.1 Å². The Bertz CT molecular complexity index is 640. The van der Waals surface area contributed by atoms with Gasteiger partial charge in [0.1, 0.15) is 16.4 Å². The molecule has 1 saturated heterocycles. The third kappa shape index (κ3) is 4.40. The molecule has 0 radical (unpaired) electrons. The van der Waals surface area contributed by atoms with Gasteiger partial charge in [-0.05, 0) is 44.0 Å². The highest BCUT2D eigenvalue weighted by atomic mass is 32.2. The molecular formula is C17H28N2O4S. The average Bonchev–Trinajstić information content (AvgIpc) is 3.08. The Balaban J connectivity index is 2.15. The molecular weight excluding hydrogens is 328 g/mol. The Labute approximate surface area is 145 Å². The van der Waals surface area contributed by atoms with Gasteiger partial charge in [0.2, 0.25) is 10.0 Å². The first-order chi connectivity index (χ1) is 11.4. The number of methoxy groups -OCH3 is 2. The zero-order valence-corrected chi connectivity index (χ0v) is 15.7. The van der Waals surface area contributed by atoms with E-state index < -0.39 is 10.0 Å². The second-order valence-corrected chi connectivity index (χ2v) is 8.16. The molecule has 1 heterocycles. The molecule has 1 N–H and O–H groups in total. The first-order valence-corrected chi connectivity index (χ1v) is 9.83. The van der Waals surface area contributed by atoms with Gasteiger partial charge in [-0.15, -0.1) is 0 Å². The predicted octanol–water partition coefficient (Wildman–Crippen LogP) is 2.10. The van der Waals surface area contributed by atoms with Gasteiger partial charge in [0.15, 0.2) is 0 Å². The van der Waals surface area contributed by atoms with E-state index in [1.54, 1.807) is 12.1 Å². The number of nitrogens with one attached hydrogen (secondary N) is 1. The summed E-state index contributed by atoms with van der Waals surface area (Å²) in [5.41, 5.74) is 0. The van der Waals surface area contributed by atoms with Crippen molar-refractivity contribution in [3.63, 3.8) is 0 Å². The third-order valence-electron chi connectivity index (χ3n) is 4.52. The summed E-state index contributed by atoms with van der Waals surface area (Å²) in [6, 6.07) is 4.92. The van der Waals surface area contributed by atoms with E-state index in [9.17, 15) is 8.42 Å². The lowest BCUT2D eigenvalue weighted by Gasteiger charge is -2.31. The molecule has 7 heteroatoms. The minimum Gasteiger partial charge on any atom is -0.497 e. The van der Waals surface area contributed by atoms with Gasteiger partial charge in [-0.1, -0.05) is 13.8 Å². The lowest BCUT2D eigenvalue weighted by molar-refractivity contribution is 0.193. The number of rotatable bonds is 8. The molecule has 0 saturated carbocycles. The van der Waals surface area contributed by atoms with Crippen molar-refractivity contribution in [3.8, 4) is 11.5 Å². The van der Waals surface area contributed by atoms with Crippen LogP contribution in [0.15, 0.2) is 23.1 Å². The highest BCUT2D eigenvalue weighted by Gasteiger charge is 2.27. The van der Waals surface area contributed by atoms with Crippen LogP contribution in [-0.4, -0.2) is 53.2 Å². The Morgan fingerprint density at radius 2 is 1.83 bits per heavy atom. The maximum absolute atomic E-state index is 12.7. The van der Waals surface area contributed by atoms with E-state index >= 15 is 0 Å². The van der Waals surface area contributed by atoms with Crippen molar-refractivity contribution in [3.05, 3.63) is 18.2 Å². The van der Waals surface area contributed by atoms with Gasteiger partial charge in [0, 0.05) is 18.7 Å². The van der Waals surface area contributed by atoms with E-state index in [1.165, 1.54) is 33.1 Å². The summed E-state index contributed by atoms with van der Waals surface area (Å²) in [4.78, 5) is 2.51. The van der Waals surface area contributed by atoms with Gasteiger partial charge < -0.3 is 9.47 Å². The lowest BCUT2D eigenvalue weighted by Crippen LogP contribution is -2.45. The van der Waals surface area contributed by atoms with Crippen LogP contribution in [0.2, 0.25) is 0 Å². The fraction of sp³-hybridized carbons (Fsp3) is 0.647. The van der Waals surface area contributed by atoms with Crippen molar-refractivity contribution >= 4 is 10.0 Å². The normalized spacial score (nSPS) is 17.2. The summed E-state index contributed by atoms with van der Waals surface area (Å²) in [5.74, 6) is 1.22. The summed E-state index contributed by atoms with van der Waals surface area (Å²) in [6.07, 6.45) is 2.37. The van der Waals surface area contributed by atoms with Gasteiger partial charge >= 0.3 is 0 Å². The zero-order chi connectivity index (χ0) is 17.7. The van der Waals surface area contributed by atoms with E-state index in [1.807, 2.05) is 0 Å². The molecule has 1 aromatic carbocycles. The van der Waals surface area contributed by atoms with E-state index in [2.05, 4.69) is 23.5 Å². The molecule has 1 aliphatic heterocycles. The van der Waals surface area contributed by atoms with Gasteiger partial charge in [-0.25, -0.2) is 13.1 Å². The van der Waals surface area contributed by atoms with E-state index in [-0.39, 0.29) is 16.7 Å². The molecule has 0 amide bonds. The molecule has 1 aliphatic rings. The number of ether oxygens (including phenoxy) is 2. The Kier molecular flexibility index (Phi) is 6.48. The molecule has 0 spiro atoms. The Hall–Kier alpha value is -1.31. The minimum atomic E-state index is -3.64. The summed E-state index contributed by atoms with van der Waals surface area (Å²) in [6.45, 7) is 6.73. The smallest absolute Gasteiger partial charge is 0.244 e. The Morgan fingerprint density at radius 3 is 2.38 bits per heavy atom. The second kappa shape index (κ2) is 8.18. The summed E-state index contributed by atoms with van der Waals surface area (Å²) >= 11 is 0. The zero-order valence-electron chi connectivity index (χ0n) is 14.9. The van der Waals surface area contributed by atoms with Gasteiger partial charge in [0.25, 0.3) is 0 Å². The monoisotopic (exact) mass is 356 g/mol. The molecule has 0 aromatic heterocycles. The molecule has 1 aromatic rings. The van der Waals surface area contributed by atoms with Gasteiger partial charge in [-0.3, -0.25) is 4.90 Å². The van der Waals surface area contributed by atoms with Crippen LogP contribution < -0.4 is 14.2 Å². The molecule has 2 rings (SSSR count). The number of benzene rings is 1. The summed E-state index contributed by atoms with van der Waals surface area (Å²) in [7, 11) is -0.658. The van der Waals surface area contributed by atoms with Crippen LogP contribution in [0.1, 0.15) is 26.7 Å². The minimum absolute atomic E-state index is 0.134. The second-order valence-electron chi connectivity index (χ2n) is 6.42. The van der Waals surface area contributed by atoms with Crippen LogP contribution in [-0.2, 0) is 10.0 Å². The molecule has 1 atom stereocenters. The van der Waals surface area contributed by atoms with Gasteiger partial charge in [0.05, 0.1) is 14.2 Å². The highest BCUT2D eigenvalue weighted by molar-refractivity contribution is 7.89. The first-order valence-electron chi connectivity index (χ1n) is 8.34. The van der Waals surface area contributed by atoms with Crippen LogP contribution >= 0.6 is 0 Å². The predicted molar refractivity (Wildman–Crippen MR) is 94.2 cm³/mol. The quantitative estimate of drug-likeness (QED) is 0.773. The van der Waals surface area contributed by atoms with Crippen molar-refractivity contribution in [1.82, 2.24) is 9.62 Å². The average molecular weight is 356 g/mol. The van der Waals surface area contributed by atoms with Crippen molar-refractivity contribution in [1.29, 1.82) is 0 Å². The molecule has 24 heavy (non-hydrogen) atoms. The fourth-order valence-electron chi connectivity index (χ4n) is 3.13. The number of likely N-dealkylation sites (tertiary alicyclic amines) is 1. The molecule has 6 nitrogen and oxygen atoms in total. The number of sulfonamides is 1. The van der Waals surface area contributed by atoms with Crippen LogP contribution in [0.3, 0.4) is 0 Å². The van der Waals surface area contributed by atoms with Crippen LogP contribution in [0.5, 0.6) is 11.5 Å². The third-order valence-corrected chi connectivity index (χ3v) is 5.99. The Morgan fingerprint density at radius 1 is 1.17 bits per heavy atom. The molecule has 0 bridgehead atoms. The largest absolute Gasteiger partial charge is 0.497 e. The van der Waals surface area contributed by atoms with Crippen molar-refractivity contribution in [2.45, 2.75) is 37.6 Å². The lowest BCUT2D eigenvalue weighted by atomic mass is 10.0. The molecule has 0 aliphatic carbocycles. The fourth-order valence-corrected chi connectivity index (χ4v) is 4.33. The highest BCUT2D eigenvalue weighted by Crippen LogP contribution is 2.28. The SMILES string of the molecule is COc1ccc(S(=O)(=O)NCC(C(C)C)N2CCCC2)c(OC)c1. The van der Waals surface area contributed by atoms with Gasteiger partial charge in [-0.2, -0.15) is 0 Å². The summed E-state index contributed by atoms with van der Waals surface area (Å²) < 4.78 is 38.5. The number of hydrogen-bond donors (Lipinski definition) is 1. The number of hydrogen-bond acceptors (Lipinski definition) is 5. The van der Waals surface area contributed by atoms with Crippen LogP contribution in [0.25, 0.3) is 0 Å². The molecule has 1 fully saturated rings. The van der Waals surface area contributed by atoms with Crippen molar-refractivity contribution < 1.29 is 17.9 Å². The van der Waals surface area contributed by atoms with Crippen LogP contribution in [0.4, 0.5) is 0 Å².